The second-order valence-corrected chi connectivity index (χ2v) is 9.48. The minimum absolute atomic E-state index is 0.0219. The molecule has 0 fully saturated rings. The fourth-order valence-electron chi connectivity index (χ4n) is 3.13. The summed E-state index contributed by atoms with van der Waals surface area (Å²) >= 11 is 0. The average Bonchev–Trinajstić information content (AvgIpc) is 2.73. The Hall–Kier alpha value is -2.94. The fraction of sp³-hybridized carbons (Fsp3) is 0.435. The first-order chi connectivity index (χ1) is 15.1. The van der Waals surface area contributed by atoms with E-state index in [0.29, 0.717) is 35.9 Å². The summed E-state index contributed by atoms with van der Waals surface area (Å²) in [7, 11) is -0.394. The zero-order valence-corrected chi connectivity index (χ0v) is 20.1. The first-order valence-corrected chi connectivity index (χ1v) is 12.2. The number of nitrogens with zero attached hydrogens (tertiary/aromatic N) is 1. The molecule has 9 heteroatoms. The number of sulfonamides is 1. The Balaban J connectivity index is 1.94. The summed E-state index contributed by atoms with van der Waals surface area (Å²) in [6.45, 7) is 4.33. The van der Waals surface area contributed by atoms with Crippen LogP contribution in [0.25, 0.3) is 0 Å². The fourth-order valence-corrected chi connectivity index (χ4v) is 4.09. The lowest BCUT2D eigenvalue weighted by Crippen LogP contribution is -2.32. The maximum absolute atomic E-state index is 12.3. The number of carbonyl (C=O) groups is 1. The number of anilines is 1. The maximum atomic E-state index is 12.3. The van der Waals surface area contributed by atoms with Crippen molar-refractivity contribution in [2.75, 3.05) is 31.3 Å². The summed E-state index contributed by atoms with van der Waals surface area (Å²) in [5.41, 5.74) is 1.38. The molecule has 0 aromatic heterocycles. The largest absolute Gasteiger partial charge is 0.493 e. The molecule has 0 saturated carbocycles. The lowest BCUT2D eigenvalue weighted by molar-refractivity contribution is -0.121. The highest BCUT2D eigenvalue weighted by Crippen LogP contribution is 2.27. The standard InChI is InChI=1S/C23H32N2O6S/c1-17(2)31-20-9-6-8-19(15-20)25(32(5,27)28)13-7-10-23(26)24-16-18-11-12-21(29-3)22(14-18)30-4/h6,8-9,11-12,14-15,17H,7,10,13,16H2,1-5H3,(H,24,26). The summed E-state index contributed by atoms with van der Waals surface area (Å²) in [5, 5.41) is 2.85. The molecule has 176 valence electrons. The van der Waals surface area contributed by atoms with Gasteiger partial charge < -0.3 is 19.5 Å². The van der Waals surface area contributed by atoms with E-state index in [2.05, 4.69) is 5.32 Å². The Morgan fingerprint density at radius 3 is 2.41 bits per heavy atom. The van der Waals surface area contributed by atoms with Gasteiger partial charge in [-0.25, -0.2) is 8.42 Å². The Morgan fingerprint density at radius 1 is 1.06 bits per heavy atom. The second kappa shape index (κ2) is 11.6. The Bertz CT molecular complexity index is 1010. The second-order valence-electron chi connectivity index (χ2n) is 7.57. The van der Waals surface area contributed by atoms with E-state index < -0.39 is 10.0 Å². The predicted octanol–water partition coefficient (Wildman–Crippen LogP) is 3.35. The van der Waals surface area contributed by atoms with Crippen molar-refractivity contribution in [3.05, 3.63) is 48.0 Å². The van der Waals surface area contributed by atoms with Crippen LogP contribution in [0.2, 0.25) is 0 Å². The van der Waals surface area contributed by atoms with Crippen LogP contribution < -0.4 is 23.8 Å². The molecule has 1 amide bonds. The molecule has 0 bridgehead atoms. The number of hydrogen-bond donors (Lipinski definition) is 1. The number of carbonyl (C=O) groups excluding carboxylic acids is 1. The highest BCUT2D eigenvalue weighted by molar-refractivity contribution is 7.92. The van der Waals surface area contributed by atoms with Crippen LogP contribution in [-0.4, -0.2) is 47.4 Å². The third-order valence-corrected chi connectivity index (χ3v) is 5.77. The molecule has 0 atom stereocenters. The summed E-state index contributed by atoms with van der Waals surface area (Å²) < 4.78 is 42.1. The molecule has 0 aliphatic rings. The maximum Gasteiger partial charge on any atom is 0.232 e. The monoisotopic (exact) mass is 464 g/mol. The normalized spacial score (nSPS) is 11.2. The summed E-state index contributed by atoms with van der Waals surface area (Å²) in [6.07, 6.45) is 1.70. The highest BCUT2D eigenvalue weighted by Gasteiger charge is 2.18. The van der Waals surface area contributed by atoms with Gasteiger partial charge in [0.1, 0.15) is 5.75 Å². The topological polar surface area (TPSA) is 94.2 Å². The quantitative estimate of drug-likeness (QED) is 0.518. The van der Waals surface area contributed by atoms with Gasteiger partial charge in [0.2, 0.25) is 15.9 Å². The molecule has 0 saturated heterocycles. The van der Waals surface area contributed by atoms with Gasteiger partial charge in [-0.05, 0) is 50.1 Å². The van der Waals surface area contributed by atoms with Crippen molar-refractivity contribution in [1.29, 1.82) is 0 Å². The van der Waals surface area contributed by atoms with Gasteiger partial charge in [-0.3, -0.25) is 9.10 Å². The van der Waals surface area contributed by atoms with E-state index in [1.54, 1.807) is 50.6 Å². The van der Waals surface area contributed by atoms with Crippen molar-refractivity contribution in [1.82, 2.24) is 5.32 Å². The van der Waals surface area contributed by atoms with Crippen LogP contribution in [0.15, 0.2) is 42.5 Å². The van der Waals surface area contributed by atoms with Crippen molar-refractivity contribution in [2.24, 2.45) is 0 Å². The van der Waals surface area contributed by atoms with Gasteiger partial charge in [-0.15, -0.1) is 0 Å². The van der Waals surface area contributed by atoms with Gasteiger partial charge >= 0.3 is 0 Å². The minimum atomic E-state index is -3.51. The summed E-state index contributed by atoms with van der Waals surface area (Å²) in [5.74, 6) is 1.64. The molecular weight excluding hydrogens is 432 g/mol. The number of methoxy groups -OCH3 is 2. The zero-order valence-electron chi connectivity index (χ0n) is 19.3. The molecule has 0 heterocycles. The van der Waals surface area contributed by atoms with E-state index in [0.717, 1.165) is 11.8 Å². The molecule has 32 heavy (non-hydrogen) atoms. The number of benzene rings is 2. The molecular formula is C23H32N2O6S. The van der Waals surface area contributed by atoms with E-state index in [9.17, 15) is 13.2 Å². The van der Waals surface area contributed by atoms with E-state index in [4.69, 9.17) is 14.2 Å². The van der Waals surface area contributed by atoms with Gasteiger partial charge in [0.25, 0.3) is 0 Å². The first kappa shape index (κ1) is 25.3. The number of hydrogen-bond acceptors (Lipinski definition) is 6. The van der Waals surface area contributed by atoms with E-state index in [1.165, 1.54) is 4.31 Å². The van der Waals surface area contributed by atoms with E-state index in [1.807, 2.05) is 19.9 Å². The lowest BCUT2D eigenvalue weighted by Gasteiger charge is -2.23. The molecule has 2 aromatic carbocycles. The highest BCUT2D eigenvalue weighted by atomic mass is 32.2. The van der Waals surface area contributed by atoms with Crippen LogP contribution in [0.4, 0.5) is 5.69 Å². The van der Waals surface area contributed by atoms with Crippen LogP contribution in [-0.2, 0) is 21.4 Å². The molecule has 2 rings (SSSR count). The minimum Gasteiger partial charge on any atom is -0.493 e. The molecule has 2 aromatic rings. The number of ether oxygens (including phenoxy) is 3. The third-order valence-electron chi connectivity index (χ3n) is 4.58. The first-order valence-electron chi connectivity index (χ1n) is 10.4. The number of rotatable bonds is 12. The van der Waals surface area contributed by atoms with Gasteiger partial charge in [-0.2, -0.15) is 0 Å². The lowest BCUT2D eigenvalue weighted by atomic mass is 10.2. The third kappa shape index (κ3) is 7.64. The van der Waals surface area contributed by atoms with Gasteiger partial charge in [0.15, 0.2) is 11.5 Å². The van der Waals surface area contributed by atoms with Crippen molar-refractivity contribution in [3.63, 3.8) is 0 Å². The van der Waals surface area contributed by atoms with Crippen molar-refractivity contribution >= 4 is 21.6 Å². The van der Waals surface area contributed by atoms with Crippen molar-refractivity contribution in [2.45, 2.75) is 39.3 Å². The van der Waals surface area contributed by atoms with E-state index in [-0.39, 0.29) is 25.0 Å². The average molecular weight is 465 g/mol. The van der Waals surface area contributed by atoms with E-state index >= 15 is 0 Å². The zero-order chi connectivity index (χ0) is 23.7. The Labute approximate surface area is 190 Å². The molecule has 0 spiro atoms. The predicted molar refractivity (Wildman–Crippen MR) is 125 cm³/mol. The van der Waals surface area contributed by atoms with Crippen LogP contribution in [0.1, 0.15) is 32.3 Å². The van der Waals surface area contributed by atoms with Gasteiger partial charge in [0, 0.05) is 25.6 Å². The SMILES string of the molecule is COc1ccc(CNC(=O)CCCN(c2cccc(OC(C)C)c2)S(C)(=O)=O)cc1OC. The summed E-state index contributed by atoms with van der Waals surface area (Å²) in [4.78, 5) is 12.3. The number of amides is 1. The van der Waals surface area contributed by atoms with Crippen LogP contribution in [0, 0.1) is 0 Å². The van der Waals surface area contributed by atoms with Crippen LogP contribution in [0.3, 0.4) is 0 Å². The summed E-state index contributed by atoms with van der Waals surface area (Å²) in [6, 6.07) is 12.4. The molecule has 0 radical (unpaired) electrons. The molecule has 0 aliphatic heterocycles. The smallest absolute Gasteiger partial charge is 0.232 e. The van der Waals surface area contributed by atoms with Gasteiger partial charge in [-0.1, -0.05) is 12.1 Å². The van der Waals surface area contributed by atoms with Crippen molar-refractivity contribution < 1.29 is 27.4 Å². The molecule has 8 nitrogen and oxygen atoms in total. The molecule has 1 N–H and O–H groups in total. The molecule has 0 unspecified atom stereocenters. The number of nitrogens with one attached hydrogen (secondary N) is 1. The van der Waals surface area contributed by atoms with Crippen LogP contribution in [0.5, 0.6) is 17.2 Å². The Kier molecular flexibility index (Phi) is 9.19. The molecule has 0 aliphatic carbocycles. The van der Waals surface area contributed by atoms with Crippen molar-refractivity contribution in [3.8, 4) is 17.2 Å². The van der Waals surface area contributed by atoms with Crippen LogP contribution >= 0.6 is 0 Å². The Morgan fingerprint density at radius 2 is 1.78 bits per heavy atom. The van der Waals surface area contributed by atoms with Gasteiger partial charge in [0.05, 0.1) is 32.3 Å².